The predicted octanol–water partition coefficient (Wildman–Crippen LogP) is 3.27. The molecule has 2 aromatic rings. The summed E-state index contributed by atoms with van der Waals surface area (Å²) in [6.45, 7) is 2.22. The SMILES string of the molecule is CCCCCCCCCCCCc1c(Oc2ccccc2)cc([O-])cc1S(=O)(=O)O.[K+]. The van der Waals surface area contributed by atoms with Crippen LogP contribution in [0.1, 0.15) is 76.7 Å². The Balaban J connectivity index is 0.00000480. The van der Waals surface area contributed by atoms with E-state index in [0.717, 1.165) is 25.3 Å². The van der Waals surface area contributed by atoms with E-state index < -0.39 is 15.9 Å². The Morgan fingerprint density at radius 1 is 0.871 bits per heavy atom. The minimum atomic E-state index is -4.51. The summed E-state index contributed by atoms with van der Waals surface area (Å²) in [6, 6.07) is 11.1. The number of hydrogen-bond donors (Lipinski definition) is 1. The van der Waals surface area contributed by atoms with Crippen LogP contribution in [-0.2, 0) is 16.5 Å². The van der Waals surface area contributed by atoms with Gasteiger partial charge in [-0.05, 0) is 37.1 Å². The van der Waals surface area contributed by atoms with E-state index in [0.29, 0.717) is 17.7 Å². The summed E-state index contributed by atoms with van der Waals surface area (Å²) in [5.41, 5.74) is 0.362. The molecule has 0 aliphatic heterocycles. The van der Waals surface area contributed by atoms with Gasteiger partial charge in [-0.2, -0.15) is 8.42 Å². The minimum absolute atomic E-state index is 0. The first-order chi connectivity index (χ1) is 14.4. The zero-order valence-electron chi connectivity index (χ0n) is 18.8. The summed E-state index contributed by atoms with van der Waals surface area (Å²) in [4.78, 5) is -0.350. The van der Waals surface area contributed by atoms with Crippen molar-refractivity contribution in [2.45, 2.75) is 82.4 Å². The summed E-state index contributed by atoms with van der Waals surface area (Å²) < 4.78 is 39.1. The van der Waals surface area contributed by atoms with Crippen LogP contribution in [0.5, 0.6) is 17.2 Å². The van der Waals surface area contributed by atoms with Gasteiger partial charge in [0.2, 0.25) is 0 Å². The molecule has 2 aromatic carbocycles. The molecule has 0 aliphatic rings. The van der Waals surface area contributed by atoms with Crippen molar-refractivity contribution in [2.24, 2.45) is 0 Å². The number of rotatable bonds is 14. The Morgan fingerprint density at radius 3 is 1.97 bits per heavy atom. The molecule has 0 fully saturated rings. The number of unbranched alkanes of at least 4 members (excludes halogenated alkanes) is 9. The van der Waals surface area contributed by atoms with Crippen LogP contribution >= 0.6 is 0 Å². The number of ether oxygens (including phenoxy) is 1. The number of para-hydroxylation sites is 1. The van der Waals surface area contributed by atoms with Crippen molar-refractivity contribution in [3.63, 3.8) is 0 Å². The Labute approximate surface area is 229 Å². The summed E-state index contributed by atoms with van der Waals surface area (Å²) >= 11 is 0. The van der Waals surface area contributed by atoms with Gasteiger partial charge in [0.15, 0.2) is 0 Å². The molecule has 0 aliphatic carbocycles. The van der Waals surface area contributed by atoms with Gasteiger partial charge in [0, 0.05) is 5.56 Å². The molecule has 0 saturated carbocycles. The minimum Gasteiger partial charge on any atom is -0.872 e. The third kappa shape index (κ3) is 10.8. The molecule has 0 aromatic heterocycles. The van der Waals surface area contributed by atoms with Gasteiger partial charge in [0.25, 0.3) is 10.1 Å². The van der Waals surface area contributed by atoms with Gasteiger partial charge in [-0.25, -0.2) is 0 Å². The van der Waals surface area contributed by atoms with Crippen molar-refractivity contribution >= 4 is 10.1 Å². The molecule has 1 N–H and O–H groups in total. The Hall–Kier alpha value is -0.414. The predicted molar refractivity (Wildman–Crippen MR) is 118 cm³/mol. The van der Waals surface area contributed by atoms with Crippen LogP contribution in [0.2, 0.25) is 0 Å². The van der Waals surface area contributed by atoms with E-state index in [1.54, 1.807) is 24.3 Å². The number of hydrogen-bond acceptors (Lipinski definition) is 4. The first-order valence-electron chi connectivity index (χ1n) is 11.0. The van der Waals surface area contributed by atoms with Crippen LogP contribution in [0.4, 0.5) is 0 Å². The maximum absolute atomic E-state index is 12.0. The molecular formula is C24H33KO5S. The quantitative estimate of drug-likeness (QED) is 0.259. The molecule has 0 saturated heterocycles. The van der Waals surface area contributed by atoms with E-state index in [-0.39, 0.29) is 62.0 Å². The van der Waals surface area contributed by atoms with Gasteiger partial charge < -0.3 is 9.84 Å². The van der Waals surface area contributed by atoms with Crippen LogP contribution in [0.25, 0.3) is 0 Å². The van der Waals surface area contributed by atoms with Crippen LogP contribution < -0.4 is 61.2 Å². The molecule has 0 amide bonds. The molecule has 5 nitrogen and oxygen atoms in total. The molecule has 0 unspecified atom stereocenters. The fraction of sp³-hybridized carbons (Fsp3) is 0.500. The van der Waals surface area contributed by atoms with E-state index in [2.05, 4.69) is 6.92 Å². The van der Waals surface area contributed by atoms with Gasteiger partial charge in [0.1, 0.15) is 16.4 Å². The number of benzene rings is 2. The van der Waals surface area contributed by atoms with E-state index >= 15 is 0 Å². The second-order valence-electron chi connectivity index (χ2n) is 7.72. The summed E-state index contributed by atoms with van der Waals surface area (Å²) in [6.07, 6.45) is 12.1. The third-order valence-corrected chi connectivity index (χ3v) is 6.09. The van der Waals surface area contributed by atoms with Crippen molar-refractivity contribution in [1.82, 2.24) is 0 Å². The first kappa shape index (κ1) is 28.6. The molecule has 166 valence electrons. The van der Waals surface area contributed by atoms with Crippen molar-refractivity contribution < 1.29 is 74.2 Å². The van der Waals surface area contributed by atoms with E-state index in [1.807, 2.05) is 6.07 Å². The molecule has 7 heteroatoms. The van der Waals surface area contributed by atoms with Gasteiger partial charge in [-0.3, -0.25) is 4.55 Å². The molecule has 31 heavy (non-hydrogen) atoms. The van der Waals surface area contributed by atoms with Gasteiger partial charge in [-0.1, -0.05) is 82.9 Å². The molecule has 0 bridgehead atoms. The molecule has 2 rings (SSSR count). The summed E-state index contributed by atoms with van der Waals surface area (Å²) in [5.74, 6) is 0.186. The standard InChI is InChI=1S/C24H34O5S.K/c1-2-3-4-5-6-7-8-9-10-14-17-22-23(29-21-15-12-11-13-16-21)18-20(25)19-24(22)30(26,27)28;/h11-13,15-16,18-19,25H,2-10,14,17H2,1H3,(H,26,27,28);/q;+1/p-1. The van der Waals surface area contributed by atoms with Crippen molar-refractivity contribution in [2.75, 3.05) is 0 Å². The monoisotopic (exact) mass is 472 g/mol. The van der Waals surface area contributed by atoms with Crippen molar-refractivity contribution in [3.05, 3.63) is 48.0 Å². The average molecular weight is 473 g/mol. The van der Waals surface area contributed by atoms with Crippen LogP contribution in [0.15, 0.2) is 47.4 Å². The van der Waals surface area contributed by atoms with E-state index in [4.69, 9.17) is 4.74 Å². The first-order valence-corrected chi connectivity index (χ1v) is 12.4. The fourth-order valence-corrected chi connectivity index (χ4v) is 4.35. The largest absolute Gasteiger partial charge is 1.00 e. The maximum Gasteiger partial charge on any atom is 1.00 e. The second-order valence-corrected chi connectivity index (χ2v) is 9.11. The van der Waals surface area contributed by atoms with Crippen LogP contribution in [0, 0.1) is 0 Å². The average Bonchev–Trinajstić information content (AvgIpc) is 2.70. The smallest absolute Gasteiger partial charge is 0.872 e. The van der Waals surface area contributed by atoms with E-state index in [9.17, 15) is 18.1 Å². The zero-order valence-corrected chi connectivity index (χ0v) is 22.7. The van der Waals surface area contributed by atoms with Gasteiger partial charge in [0.05, 0.1) is 0 Å². The normalized spacial score (nSPS) is 11.2. The zero-order chi connectivity index (χ0) is 21.8. The fourth-order valence-electron chi connectivity index (χ4n) is 3.57. The van der Waals surface area contributed by atoms with Gasteiger partial charge >= 0.3 is 51.4 Å². The van der Waals surface area contributed by atoms with Crippen molar-refractivity contribution in [3.8, 4) is 17.2 Å². The molecule has 0 radical (unpaired) electrons. The van der Waals surface area contributed by atoms with Crippen molar-refractivity contribution in [1.29, 1.82) is 0 Å². The van der Waals surface area contributed by atoms with E-state index in [1.165, 1.54) is 51.0 Å². The molecule has 0 spiro atoms. The third-order valence-electron chi connectivity index (χ3n) is 5.17. The Kier molecular flexibility index (Phi) is 14.2. The van der Waals surface area contributed by atoms with Crippen LogP contribution in [0.3, 0.4) is 0 Å². The maximum atomic E-state index is 12.0. The molecule has 0 heterocycles. The second kappa shape index (κ2) is 15.4. The Morgan fingerprint density at radius 2 is 1.42 bits per heavy atom. The van der Waals surface area contributed by atoms with Gasteiger partial charge in [-0.15, -0.1) is 5.75 Å². The van der Waals surface area contributed by atoms with Crippen LogP contribution in [-0.4, -0.2) is 13.0 Å². The molecule has 0 atom stereocenters. The summed E-state index contributed by atoms with van der Waals surface area (Å²) in [7, 11) is -4.51. The molecular weight excluding hydrogens is 439 g/mol. The summed E-state index contributed by atoms with van der Waals surface area (Å²) in [5, 5.41) is 12.0. The topological polar surface area (TPSA) is 86.7 Å². The Bertz CT molecular complexity index is 869.